The maximum absolute atomic E-state index is 11.8. The normalized spacial score (nSPS) is 13.4. The summed E-state index contributed by atoms with van der Waals surface area (Å²) in [5.74, 6) is 0.363. The van der Waals surface area contributed by atoms with Gasteiger partial charge in [-0.25, -0.2) is 9.78 Å². The summed E-state index contributed by atoms with van der Waals surface area (Å²) in [6.07, 6.45) is 5.48. The van der Waals surface area contributed by atoms with Crippen molar-refractivity contribution in [2.75, 3.05) is 18.4 Å². The monoisotopic (exact) mass is 331 g/mol. The second-order valence-corrected chi connectivity index (χ2v) is 6.09. The van der Waals surface area contributed by atoms with Crippen LogP contribution in [0.2, 0.25) is 0 Å². The van der Waals surface area contributed by atoms with Gasteiger partial charge < -0.3 is 10.6 Å². The first-order valence-electron chi connectivity index (χ1n) is 7.41. The molecule has 8 heteroatoms. The molecule has 3 rings (SSSR count). The molecule has 2 aromatic rings. The SMILES string of the molecule is O=C(NCCNC(=O)c1cccnc1)Nc1nc(C2CC2)cs1. The van der Waals surface area contributed by atoms with Gasteiger partial charge in [-0.3, -0.25) is 15.1 Å². The smallest absolute Gasteiger partial charge is 0.321 e. The number of carbonyl (C=O) groups excluding carboxylic acids is 2. The number of thiazole rings is 1. The topological polar surface area (TPSA) is 96.0 Å². The fourth-order valence-corrected chi connectivity index (χ4v) is 2.79. The van der Waals surface area contributed by atoms with Crippen molar-refractivity contribution in [2.45, 2.75) is 18.8 Å². The lowest BCUT2D eigenvalue weighted by Gasteiger charge is -2.07. The third kappa shape index (κ3) is 4.49. The number of rotatable bonds is 6. The summed E-state index contributed by atoms with van der Waals surface area (Å²) >= 11 is 1.43. The van der Waals surface area contributed by atoms with Crippen LogP contribution in [0.3, 0.4) is 0 Å². The van der Waals surface area contributed by atoms with Crippen LogP contribution in [0, 0.1) is 0 Å². The Kier molecular flexibility index (Phi) is 4.82. The molecule has 120 valence electrons. The first-order chi connectivity index (χ1) is 11.2. The number of hydrogen-bond donors (Lipinski definition) is 3. The van der Waals surface area contributed by atoms with Gasteiger partial charge in [-0.2, -0.15) is 0 Å². The number of amides is 3. The van der Waals surface area contributed by atoms with E-state index in [1.807, 2.05) is 5.38 Å². The molecule has 1 aliphatic rings. The molecule has 23 heavy (non-hydrogen) atoms. The van der Waals surface area contributed by atoms with E-state index in [0.717, 1.165) is 5.69 Å². The van der Waals surface area contributed by atoms with Crippen LogP contribution in [-0.4, -0.2) is 35.0 Å². The second kappa shape index (κ2) is 7.19. The van der Waals surface area contributed by atoms with Crippen LogP contribution in [0.5, 0.6) is 0 Å². The molecule has 0 bridgehead atoms. The Bertz CT molecular complexity index is 684. The van der Waals surface area contributed by atoms with E-state index in [0.29, 0.717) is 29.7 Å². The lowest BCUT2D eigenvalue weighted by atomic mass is 10.3. The number of urea groups is 1. The van der Waals surface area contributed by atoms with Gasteiger partial charge in [0.2, 0.25) is 0 Å². The van der Waals surface area contributed by atoms with Crippen LogP contribution in [0.1, 0.15) is 34.8 Å². The quantitative estimate of drug-likeness (QED) is 0.705. The van der Waals surface area contributed by atoms with Gasteiger partial charge in [-0.1, -0.05) is 0 Å². The molecule has 0 atom stereocenters. The Labute approximate surface area is 137 Å². The zero-order chi connectivity index (χ0) is 16.1. The lowest BCUT2D eigenvalue weighted by Crippen LogP contribution is -2.36. The summed E-state index contributed by atoms with van der Waals surface area (Å²) in [4.78, 5) is 31.8. The standard InChI is InChI=1S/C15H17N5O2S/c21-13(11-2-1-5-16-8-11)17-6-7-18-14(22)20-15-19-12(9-23-15)10-3-4-10/h1-2,5,8-10H,3-4,6-7H2,(H,17,21)(H2,18,19,20,22). The number of aromatic nitrogens is 2. The van der Waals surface area contributed by atoms with Gasteiger partial charge >= 0.3 is 6.03 Å². The highest BCUT2D eigenvalue weighted by molar-refractivity contribution is 7.13. The number of nitrogens with zero attached hydrogens (tertiary/aromatic N) is 2. The highest BCUT2D eigenvalue weighted by atomic mass is 32.1. The summed E-state index contributed by atoms with van der Waals surface area (Å²) < 4.78 is 0. The fourth-order valence-electron chi connectivity index (χ4n) is 2.00. The van der Waals surface area contributed by atoms with Crippen molar-refractivity contribution in [1.29, 1.82) is 0 Å². The number of pyridine rings is 1. The zero-order valence-electron chi connectivity index (χ0n) is 12.4. The number of anilines is 1. The van der Waals surface area contributed by atoms with Crippen LogP contribution >= 0.6 is 11.3 Å². The summed E-state index contributed by atoms with van der Waals surface area (Å²) in [6.45, 7) is 0.672. The minimum atomic E-state index is -0.322. The maximum Gasteiger partial charge on any atom is 0.321 e. The van der Waals surface area contributed by atoms with E-state index in [2.05, 4.69) is 25.9 Å². The molecule has 1 saturated carbocycles. The Balaban J connectivity index is 1.35. The summed E-state index contributed by atoms with van der Waals surface area (Å²) in [5.41, 5.74) is 1.56. The minimum absolute atomic E-state index is 0.214. The third-order valence-corrected chi connectivity index (χ3v) is 4.13. The third-order valence-electron chi connectivity index (χ3n) is 3.36. The highest BCUT2D eigenvalue weighted by Crippen LogP contribution is 2.40. The predicted octanol–water partition coefficient (Wildman–Crippen LogP) is 1.97. The summed E-state index contributed by atoms with van der Waals surface area (Å²) in [7, 11) is 0. The van der Waals surface area contributed by atoms with Crippen molar-refractivity contribution < 1.29 is 9.59 Å². The zero-order valence-corrected chi connectivity index (χ0v) is 13.2. The first kappa shape index (κ1) is 15.4. The van der Waals surface area contributed by atoms with E-state index in [9.17, 15) is 9.59 Å². The molecule has 0 radical (unpaired) electrons. The molecule has 3 N–H and O–H groups in total. The lowest BCUT2D eigenvalue weighted by molar-refractivity contribution is 0.0953. The van der Waals surface area contributed by atoms with Crippen LogP contribution in [0.25, 0.3) is 0 Å². The van der Waals surface area contributed by atoms with E-state index >= 15 is 0 Å². The largest absolute Gasteiger partial charge is 0.350 e. The predicted molar refractivity (Wildman–Crippen MR) is 87.7 cm³/mol. The molecule has 3 amide bonds. The van der Waals surface area contributed by atoms with Crippen molar-refractivity contribution in [1.82, 2.24) is 20.6 Å². The molecule has 0 aliphatic heterocycles. The Morgan fingerprint density at radius 1 is 1.26 bits per heavy atom. The number of nitrogens with one attached hydrogen (secondary N) is 3. The van der Waals surface area contributed by atoms with Gasteiger partial charge in [0.05, 0.1) is 11.3 Å². The average Bonchev–Trinajstić information content (AvgIpc) is 3.32. The Morgan fingerprint density at radius 3 is 2.83 bits per heavy atom. The van der Waals surface area contributed by atoms with Crippen molar-refractivity contribution in [3.63, 3.8) is 0 Å². The van der Waals surface area contributed by atoms with Gasteiger partial charge in [-0.15, -0.1) is 11.3 Å². The minimum Gasteiger partial charge on any atom is -0.350 e. The molecule has 7 nitrogen and oxygen atoms in total. The molecule has 1 fully saturated rings. The molecule has 0 aromatic carbocycles. The van der Waals surface area contributed by atoms with Crippen LogP contribution < -0.4 is 16.0 Å². The Hall–Kier alpha value is -2.48. The second-order valence-electron chi connectivity index (χ2n) is 5.23. The van der Waals surface area contributed by atoms with Gasteiger partial charge in [0.1, 0.15) is 0 Å². The van der Waals surface area contributed by atoms with Crippen LogP contribution in [-0.2, 0) is 0 Å². The van der Waals surface area contributed by atoms with Crippen LogP contribution in [0.4, 0.5) is 9.93 Å². The van der Waals surface area contributed by atoms with E-state index in [4.69, 9.17) is 0 Å². The van der Waals surface area contributed by atoms with E-state index in [1.54, 1.807) is 18.3 Å². The molecule has 1 aliphatic carbocycles. The molecule has 2 aromatic heterocycles. The van der Waals surface area contributed by atoms with E-state index in [1.165, 1.54) is 30.4 Å². The molecule has 0 spiro atoms. The van der Waals surface area contributed by atoms with E-state index < -0.39 is 0 Å². The summed E-state index contributed by atoms with van der Waals surface area (Å²) in [5, 5.41) is 10.7. The average molecular weight is 331 g/mol. The first-order valence-corrected chi connectivity index (χ1v) is 8.29. The van der Waals surface area contributed by atoms with Gasteiger partial charge in [-0.05, 0) is 25.0 Å². The summed E-state index contributed by atoms with van der Waals surface area (Å²) in [6, 6.07) is 3.06. The molecule has 0 saturated heterocycles. The number of carbonyl (C=O) groups is 2. The molecule has 0 unspecified atom stereocenters. The van der Waals surface area contributed by atoms with Crippen molar-refractivity contribution in [2.24, 2.45) is 0 Å². The fraction of sp³-hybridized carbons (Fsp3) is 0.333. The van der Waals surface area contributed by atoms with Crippen molar-refractivity contribution in [3.05, 3.63) is 41.2 Å². The van der Waals surface area contributed by atoms with Gasteiger partial charge in [0, 0.05) is 36.8 Å². The van der Waals surface area contributed by atoms with Crippen molar-refractivity contribution in [3.8, 4) is 0 Å². The van der Waals surface area contributed by atoms with Crippen molar-refractivity contribution >= 4 is 28.4 Å². The molecular formula is C15H17N5O2S. The molecular weight excluding hydrogens is 314 g/mol. The maximum atomic E-state index is 11.8. The Morgan fingerprint density at radius 2 is 2.09 bits per heavy atom. The van der Waals surface area contributed by atoms with Gasteiger partial charge in [0.25, 0.3) is 5.91 Å². The van der Waals surface area contributed by atoms with E-state index in [-0.39, 0.29) is 11.9 Å². The highest BCUT2D eigenvalue weighted by Gasteiger charge is 2.26. The van der Waals surface area contributed by atoms with Crippen LogP contribution in [0.15, 0.2) is 29.9 Å². The van der Waals surface area contributed by atoms with Gasteiger partial charge in [0.15, 0.2) is 5.13 Å². The number of hydrogen-bond acceptors (Lipinski definition) is 5. The molecule has 2 heterocycles.